The molecule has 20 heavy (non-hydrogen) atoms. The average molecular weight is 312 g/mol. The molecule has 0 saturated heterocycles. The van der Waals surface area contributed by atoms with Gasteiger partial charge in [-0.3, -0.25) is 10.1 Å². The molecule has 0 aromatic heterocycles. The van der Waals surface area contributed by atoms with E-state index in [9.17, 15) is 10.1 Å². The number of nitrogens with zero attached hydrogens (tertiary/aromatic N) is 1. The van der Waals surface area contributed by atoms with Crippen LogP contribution in [0.3, 0.4) is 0 Å². The summed E-state index contributed by atoms with van der Waals surface area (Å²) in [5.74, 6) is 0. The molecule has 0 fully saturated rings. The second kappa shape index (κ2) is 5.56. The van der Waals surface area contributed by atoms with Gasteiger partial charge in [0.2, 0.25) is 0 Å². The maximum absolute atomic E-state index is 10.7. The Morgan fingerprint density at radius 2 is 1.90 bits per heavy atom. The number of halogens is 2. The highest BCUT2D eigenvalue weighted by atomic mass is 35.5. The number of benzene rings is 2. The summed E-state index contributed by atoms with van der Waals surface area (Å²) in [7, 11) is 0. The Morgan fingerprint density at radius 1 is 1.20 bits per heavy atom. The molecule has 5 nitrogen and oxygen atoms in total. The highest BCUT2D eigenvalue weighted by Crippen LogP contribution is 2.32. The van der Waals surface area contributed by atoms with Crippen LogP contribution in [-0.2, 0) is 0 Å². The van der Waals surface area contributed by atoms with Gasteiger partial charge in [0.25, 0.3) is 5.69 Å². The third kappa shape index (κ3) is 2.95. The van der Waals surface area contributed by atoms with E-state index in [4.69, 9.17) is 28.9 Å². The third-order valence-electron chi connectivity index (χ3n) is 2.75. The molecule has 0 amide bonds. The van der Waals surface area contributed by atoms with Crippen LogP contribution in [0.25, 0.3) is 0 Å². The van der Waals surface area contributed by atoms with E-state index in [0.29, 0.717) is 21.4 Å². The van der Waals surface area contributed by atoms with E-state index < -0.39 is 4.92 Å². The molecule has 0 saturated carbocycles. The summed E-state index contributed by atoms with van der Waals surface area (Å²) in [5.41, 5.74) is 7.64. The Balaban J connectivity index is 2.33. The molecule has 0 aliphatic heterocycles. The van der Waals surface area contributed by atoms with Crippen molar-refractivity contribution in [3.63, 3.8) is 0 Å². The number of nitro benzene ring substituents is 1. The van der Waals surface area contributed by atoms with Crippen molar-refractivity contribution in [2.45, 2.75) is 6.92 Å². The highest BCUT2D eigenvalue weighted by Gasteiger charge is 2.12. The number of nitrogen functional groups attached to an aromatic ring is 1. The molecule has 0 radical (unpaired) electrons. The lowest BCUT2D eigenvalue weighted by Crippen LogP contribution is -1.98. The predicted molar refractivity (Wildman–Crippen MR) is 82.0 cm³/mol. The van der Waals surface area contributed by atoms with Gasteiger partial charge in [-0.05, 0) is 36.8 Å². The zero-order valence-electron chi connectivity index (χ0n) is 10.5. The first-order valence-corrected chi connectivity index (χ1v) is 6.40. The molecule has 0 bridgehead atoms. The monoisotopic (exact) mass is 311 g/mol. The third-order valence-corrected chi connectivity index (χ3v) is 3.47. The largest absolute Gasteiger partial charge is 0.393 e. The maximum Gasteiger partial charge on any atom is 0.292 e. The minimum absolute atomic E-state index is 0.0781. The van der Waals surface area contributed by atoms with Gasteiger partial charge in [0.15, 0.2) is 0 Å². The molecular weight excluding hydrogens is 301 g/mol. The van der Waals surface area contributed by atoms with Crippen molar-refractivity contribution in [1.82, 2.24) is 0 Å². The first kappa shape index (κ1) is 14.4. The molecule has 7 heteroatoms. The van der Waals surface area contributed by atoms with Gasteiger partial charge in [0.05, 0.1) is 15.6 Å². The van der Waals surface area contributed by atoms with Crippen LogP contribution < -0.4 is 11.1 Å². The molecule has 0 atom stereocenters. The Labute approximate surface area is 125 Å². The van der Waals surface area contributed by atoms with Crippen LogP contribution in [0.15, 0.2) is 30.3 Å². The second-order valence-electron chi connectivity index (χ2n) is 4.24. The number of rotatable bonds is 3. The smallest absolute Gasteiger partial charge is 0.292 e. The fraction of sp³-hybridized carbons (Fsp3) is 0.0769. The minimum atomic E-state index is -0.533. The standard InChI is InChI=1S/C13H11Cl2N3O2/c1-7-4-10(15)12(6-9(7)14)17-8-2-3-13(18(19)20)11(16)5-8/h2-6,17H,16H2,1H3. The molecule has 2 aromatic carbocycles. The summed E-state index contributed by atoms with van der Waals surface area (Å²) in [5, 5.41) is 14.8. The molecule has 0 spiro atoms. The van der Waals surface area contributed by atoms with Crippen LogP contribution in [-0.4, -0.2) is 4.92 Å². The zero-order valence-corrected chi connectivity index (χ0v) is 12.0. The number of hydrogen-bond donors (Lipinski definition) is 2. The van der Waals surface area contributed by atoms with Crippen LogP contribution in [0.4, 0.5) is 22.7 Å². The zero-order chi connectivity index (χ0) is 14.9. The summed E-state index contributed by atoms with van der Waals surface area (Å²) >= 11 is 12.1. The van der Waals surface area contributed by atoms with Crippen molar-refractivity contribution in [2.24, 2.45) is 0 Å². The van der Waals surface area contributed by atoms with Crippen LogP contribution in [0, 0.1) is 17.0 Å². The van der Waals surface area contributed by atoms with Crippen molar-refractivity contribution in [3.05, 3.63) is 56.1 Å². The normalized spacial score (nSPS) is 10.3. The van der Waals surface area contributed by atoms with E-state index in [2.05, 4.69) is 5.32 Å². The lowest BCUT2D eigenvalue weighted by Gasteiger charge is -2.11. The quantitative estimate of drug-likeness (QED) is 0.495. The predicted octanol–water partition coefficient (Wildman–Crippen LogP) is 4.54. The lowest BCUT2D eigenvalue weighted by molar-refractivity contribution is -0.383. The van der Waals surface area contributed by atoms with Crippen molar-refractivity contribution in [3.8, 4) is 0 Å². The summed E-state index contributed by atoms with van der Waals surface area (Å²) in [6.07, 6.45) is 0. The number of nitrogens with two attached hydrogens (primary N) is 1. The Kier molecular flexibility index (Phi) is 4.01. The summed E-state index contributed by atoms with van der Waals surface area (Å²) in [4.78, 5) is 10.2. The van der Waals surface area contributed by atoms with E-state index in [1.165, 1.54) is 12.1 Å². The molecule has 0 aliphatic rings. The van der Waals surface area contributed by atoms with E-state index in [0.717, 1.165) is 5.56 Å². The molecule has 0 unspecified atom stereocenters. The molecule has 104 valence electrons. The van der Waals surface area contributed by atoms with Gasteiger partial charge >= 0.3 is 0 Å². The van der Waals surface area contributed by atoms with Gasteiger partial charge in [0.1, 0.15) is 5.69 Å². The SMILES string of the molecule is Cc1cc(Cl)c(Nc2ccc([N+](=O)[O-])c(N)c2)cc1Cl. The topological polar surface area (TPSA) is 81.2 Å². The van der Waals surface area contributed by atoms with Gasteiger partial charge in [-0.25, -0.2) is 0 Å². The van der Waals surface area contributed by atoms with Crippen molar-refractivity contribution >= 4 is 46.0 Å². The fourth-order valence-corrected chi connectivity index (χ4v) is 2.13. The summed E-state index contributed by atoms with van der Waals surface area (Å²) in [6.45, 7) is 1.85. The number of aryl methyl sites for hydroxylation is 1. The number of anilines is 3. The fourth-order valence-electron chi connectivity index (χ4n) is 1.70. The van der Waals surface area contributed by atoms with E-state index in [1.54, 1.807) is 18.2 Å². The average Bonchev–Trinajstić information content (AvgIpc) is 2.35. The first-order valence-electron chi connectivity index (χ1n) is 5.65. The lowest BCUT2D eigenvalue weighted by atomic mass is 10.2. The number of nitro groups is 1. The van der Waals surface area contributed by atoms with Crippen molar-refractivity contribution in [1.29, 1.82) is 0 Å². The molecular formula is C13H11Cl2N3O2. The summed E-state index contributed by atoms with van der Waals surface area (Å²) in [6, 6.07) is 7.79. The van der Waals surface area contributed by atoms with Gasteiger partial charge in [-0.2, -0.15) is 0 Å². The number of nitrogens with one attached hydrogen (secondary N) is 1. The van der Waals surface area contributed by atoms with Crippen LogP contribution >= 0.6 is 23.2 Å². The van der Waals surface area contributed by atoms with Crippen LogP contribution in [0.2, 0.25) is 10.0 Å². The first-order chi connectivity index (χ1) is 9.38. The van der Waals surface area contributed by atoms with Crippen molar-refractivity contribution < 1.29 is 4.92 Å². The van der Waals surface area contributed by atoms with Gasteiger partial charge in [-0.15, -0.1) is 0 Å². The highest BCUT2D eigenvalue weighted by molar-refractivity contribution is 6.35. The van der Waals surface area contributed by atoms with Crippen LogP contribution in [0.1, 0.15) is 5.56 Å². The second-order valence-corrected chi connectivity index (χ2v) is 5.05. The van der Waals surface area contributed by atoms with Gasteiger partial charge in [-0.1, -0.05) is 23.2 Å². The van der Waals surface area contributed by atoms with Gasteiger partial charge in [0, 0.05) is 16.8 Å². The van der Waals surface area contributed by atoms with Gasteiger partial charge < -0.3 is 11.1 Å². The number of hydrogen-bond acceptors (Lipinski definition) is 4. The van der Waals surface area contributed by atoms with E-state index >= 15 is 0 Å². The van der Waals surface area contributed by atoms with E-state index in [1.807, 2.05) is 6.92 Å². The molecule has 0 aliphatic carbocycles. The Morgan fingerprint density at radius 3 is 2.50 bits per heavy atom. The summed E-state index contributed by atoms with van der Waals surface area (Å²) < 4.78 is 0. The van der Waals surface area contributed by atoms with E-state index in [-0.39, 0.29) is 11.4 Å². The minimum Gasteiger partial charge on any atom is -0.393 e. The Bertz CT molecular complexity index is 690. The van der Waals surface area contributed by atoms with Crippen molar-refractivity contribution in [2.75, 3.05) is 11.1 Å². The molecule has 2 rings (SSSR count). The molecule has 3 N–H and O–H groups in total. The molecule has 2 aromatic rings. The Hall–Kier alpha value is -1.98. The van der Waals surface area contributed by atoms with Crippen LogP contribution in [0.5, 0.6) is 0 Å². The molecule has 0 heterocycles. The maximum atomic E-state index is 10.7.